The van der Waals surface area contributed by atoms with Crippen molar-refractivity contribution in [1.82, 2.24) is 4.90 Å². The van der Waals surface area contributed by atoms with Crippen molar-refractivity contribution < 1.29 is 26.9 Å². The fourth-order valence-corrected chi connectivity index (χ4v) is 2.40. The molecular formula is C14H19NO6S. The SMILES string of the molecule is CS(=O)(=O)OCC1CN(C(=O)OCc2ccccc2)CCO1. The molecule has 0 saturated carbocycles. The van der Waals surface area contributed by atoms with Gasteiger partial charge in [-0.25, -0.2) is 4.79 Å². The monoisotopic (exact) mass is 329 g/mol. The van der Waals surface area contributed by atoms with Gasteiger partial charge in [0.15, 0.2) is 0 Å². The maximum absolute atomic E-state index is 12.0. The summed E-state index contributed by atoms with van der Waals surface area (Å²) < 4.78 is 37.2. The van der Waals surface area contributed by atoms with E-state index in [9.17, 15) is 13.2 Å². The minimum absolute atomic E-state index is 0.110. The van der Waals surface area contributed by atoms with Gasteiger partial charge in [0.05, 0.1) is 26.0 Å². The van der Waals surface area contributed by atoms with Crippen LogP contribution in [0.5, 0.6) is 0 Å². The zero-order chi connectivity index (χ0) is 16.0. The lowest BCUT2D eigenvalue weighted by atomic mass is 10.2. The van der Waals surface area contributed by atoms with E-state index in [4.69, 9.17) is 13.7 Å². The number of carbonyl (C=O) groups is 1. The fourth-order valence-electron chi connectivity index (χ4n) is 2.00. The van der Waals surface area contributed by atoms with Crippen molar-refractivity contribution >= 4 is 16.2 Å². The van der Waals surface area contributed by atoms with Gasteiger partial charge in [0.2, 0.25) is 0 Å². The zero-order valence-corrected chi connectivity index (χ0v) is 13.1. The molecule has 0 N–H and O–H groups in total. The zero-order valence-electron chi connectivity index (χ0n) is 12.3. The minimum Gasteiger partial charge on any atom is -0.445 e. The Balaban J connectivity index is 1.79. The molecule has 1 aliphatic rings. The molecule has 0 spiro atoms. The van der Waals surface area contributed by atoms with E-state index < -0.39 is 22.3 Å². The molecule has 22 heavy (non-hydrogen) atoms. The van der Waals surface area contributed by atoms with Crippen molar-refractivity contribution in [2.75, 3.05) is 32.6 Å². The van der Waals surface area contributed by atoms with Crippen molar-refractivity contribution in [3.63, 3.8) is 0 Å². The minimum atomic E-state index is -3.52. The number of carbonyl (C=O) groups excluding carboxylic acids is 1. The molecule has 8 heteroatoms. The molecule has 2 rings (SSSR count). The van der Waals surface area contributed by atoms with Gasteiger partial charge in [-0.2, -0.15) is 8.42 Å². The quantitative estimate of drug-likeness (QED) is 0.750. The van der Waals surface area contributed by atoms with E-state index in [0.29, 0.717) is 13.2 Å². The van der Waals surface area contributed by atoms with Crippen LogP contribution in [0.3, 0.4) is 0 Å². The van der Waals surface area contributed by atoms with E-state index in [-0.39, 0.29) is 19.8 Å². The summed E-state index contributed by atoms with van der Waals surface area (Å²) in [6, 6.07) is 9.37. The number of rotatable bonds is 5. The van der Waals surface area contributed by atoms with Gasteiger partial charge in [0.1, 0.15) is 12.7 Å². The van der Waals surface area contributed by atoms with Crippen LogP contribution in [0.15, 0.2) is 30.3 Å². The van der Waals surface area contributed by atoms with Crippen LogP contribution < -0.4 is 0 Å². The van der Waals surface area contributed by atoms with Gasteiger partial charge >= 0.3 is 6.09 Å². The van der Waals surface area contributed by atoms with Crippen molar-refractivity contribution in [2.24, 2.45) is 0 Å². The first-order chi connectivity index (χ1) is 10.4. The molecular weight excluding hydrogens is 310 g/mol. The summed E-state index contributed by atoms with van der Waals surface area (Å²) in [6.45, 7) is 1.05. The third kappa shape index (κ3) is 5.63. The van der Waals surface area contributed by atoms with Crippen molar-refractivity contribution in [3.8, 4) is 0 Å². The molecule has 1 heterocycles. The third-order valence-electron chi connectivity index (χ3n) is 3.07. The van der Waals surface area contributed by atoms with Gasteiger partial charge in [-0.05, 0) is 5.56 Å². The van der Waals surface area contributed by atoms with Gasteiger partial charge < -0.3 is 14.4 Å². The molecule has 1 saturated heterocycles. The van der Waals surface area contributed by atoms with Crippen molar-refractivity contribution in [2.45, 2.75) is 12.7 Å². The molecule has 7 nitrogen and oxygen atoms in total. The standard InChI is InChI=1S/C14H19NO6S/c1-22(17,18)21-11-13-9-15(7-8-19-13)14(16)20-10-12-5-3-2-4-6-12/h2-6,13H,7-11H2,1H3. The highest BCUT2D eigenvalue weighted by atomic mass is 32.2. The van der Waals surface area contributed by atoms with Gasteiger partial charge in [-0.15, -0.1) is 0 Å². The topological polar surface area (TPSA) is 82.1 Å². The van der Waals surface area contributed by atoms with Crippen LogP contribution in [0.25, 0.3) is 0 Å². The van der Waals surface area contributed by atoms with E-state index >= 15 is 0 Å². The first kappa shape index (κ1) is 16.7. The third-order valence-corrected chi connectivity index (χ3v) is 3.63. The number of amides is 1. The van der Waals surface area contributed by atoms with Crippen LogP contribution in [-0.2, 0) is 30.4 Å². The molecule has 122 valence electrons. The Kier molecular flexibility index (Phi) is 5.76. The molecule has 1 atom stereocenters. The molecule has 0 bridgehead atoms. The van der Waals surface area contributed by atoms with E-state index in [1.807, 2.05) is 30.3 Å². The van der Waals surface area contributed by atoms with Gasteiger partial charge in [-0.3, -0.25) is 4.18 Å². The summed E-state index contributed by atoms with van der Waals surface area (Å²) in [7, 11) is -3.52. The highest BCUT2D eigenvalue weighted by Crippen LogP contribution is 2.10. The van der Waals surface area contributed by atoms with Crippen LogP contribution in [0.4, 0.5) is 4.79 Å². The summed E-state index contributed by atoms with van der Waals surface area (Å²) >= 11 is 0. The molecule has 0 radical (unpaired) electrons. The van der Waals surface area contributed by atoms with Crippen LogP contribution in [0, 0.1) is 0 Å². The molecule has 1 unspecified atom stereocenters. The van der Waals surface area contributed by atoms with Crippen LogP contribution in [-0.4, -0.2) is 58.1 Å². The average molecular weight is 329 g/mol. The number of morpholine rings is 1. The molecule has 1 amide bonds. The predicted octanol–water partition coefficient (Wildman–Crippen LogP) is 1.00. The molecule has 1 fully saturated rings. The summed E-state index contributed by atoms with van der Waals surface area (Å²) in [5.41, 5.74) is 0.904. The van der Waals surface area contributed by atoms with Crippen molar-refractivity contribution in [1.29, 1.82) is 0 Å². The molecule has 1 aromatic rings. The highest BCUT2D eigenvalue weighted by Gasteiger charge is 2.26. The molecule has 1 aromatic carbocycles. The second-order valence-electron chi connectivity index (χ2n) is 4.97. The molecule has 1 aliphatic heterocycles. The Labute approximate surface area is 129 Å². The number of benzene rings is 1. The van der Waals surface area contributed by atoms with E-state index in [1.54, 1.807) is 0 Å². The van der Waals surface area contributed by atoms with Gasteiger partial charge in [-0.1, -0.05) is 30.3 Å². The lowest BCUT2D eigenvalue weighted by molar-refractivity contribution is -0.0448. The van der Waals surface area contributed by atoms with Crippen LogP contribution >= 0.6 is 0 Å². The lowest BCUT2D eigenvalue weighted by Gasteiger charge is -2.31. The van der Waals surface area contributed by atoms with E-state index in [2.05, 4.69) is 0 Å². The summed E-state index contributed by atoms with van der Waals surface area (Å²) in [5.74, 6) is 0. The highest BCUT2D eigenvalue weighted by molar-refractivity contribution is 7.85. The Hall–Kier alpha value is -1.64. The largest absolute Gasteiger partial charge is 0.445 e. The summed E-state index contributed by atoms with van der Waals surface area (Å²) in [4.78, 5) is 13.5. The predicted molar refractivity (Wildman–Crippen MR) is 78.7 cm³/mol. The molecule has 0 aromatic heterocycles. The second-order valence-corrected chi connectivity index (χ2v) is 6.61. The van der Waals surface area contributed by atoms with Crippen molar-refractivity contribution in [3.05, 3.63) is 35.9 Å². The Bertz CT molecular complexity index is 589. The van der Waals surface area contributed by atoms with Gasteiger partial charge in [0.25, 0.3) is 10.1 Å². The second kappa shape index (κ2) is 7.57. The number of ether oxygens (including phenoxy) is 2. The lowest BCUT2D eigenvalue weighted by Crippen LogP contribution is -2.47. The first-order valence-corrected chi connectivity index (χ1v) is 8.67. The Morgan fingerprint density at radius 1 is 1.36 bits per heavy atom. The van der Waals surface area contributed by atoms with E-state index in [1.165, 1.54) is 4.90 Å². The summed E-state index contributed by atoms with van der Waals surface area (Å²) in [5, 5.41) is 0. The van der Waals surface area contributed by atoms with Gasteiger partial charge in [0, 0.05) is 6.54 Å². The Morgan fingerprint density at radius 3 is 2.77 bits per heavy atom. The maximum Gasteiger partial charge on any atom is 0.410 e. The first-order valence-electron chi connectivity index (χ1n) is 6.86. The maximum atomic E-state index is 12.0. The number of hydrogen-bond donors (Lipinski definition) is 0. The number of nitrogens with zero attached hydrogens (tertiary/aromatic N) is 1. The average Bonchev–Trinajstić information content (AvgIpc) is 2.51. The van der Waals surface area contributed by atoms with Crippen LogP contribution in [0.1, 0.15) is 5.56 Å². The van der Waals surface area contributed by atoms with E-state index in [0.717, 1.165) is 11.8 Å². The summed E-state index contributed by atoms with van der Waals surface area (Å²) in [6.07, 6.45) is 0.0473. The normalized spacial score (nSPS) is 19.0. The smallest absolute Gasteiger partial charge is 0.410 e. The van der Waals surface area contributed by atoms with Crippen LogP contribution in [0.2, 0.25) is 0 Å². The number of hydrogen-bond acceptors (Lipinski definition) is 6. The Morgan fingerprint density at radius 2 is 2.09 bits per heavy atom. The molecule has 0 aliphatic carbocycles. The fraction of sp³-hybridized carbons (Fsp3) is 0.500.